The van der Waals surface area contributed by atoms with Crippen molar-refractivity contribution < 1.29 is 9.53 Å². The number of aromatic nitrogens is 4. The van der Waals surface area contributed by atoms with Crippen LogP contribution in [-0.4, -0.2) is 70.0 Å². The summed E-state index contributed by atoms with van der Waals surface area (Å²) in [6.45, 7) is 9.27. The third-order valence-electron chi connectivity index (χ3n) is 5.43. The average molecular weight is 372 g/mol. The summed E-state index contributed by atoms with van der Waals surface area (Å²) in [4.78, 5) is 16.9. The molecule has 8 heteroatoms. The lowest BCUT2D eigenvalue weighted by atomic mass is 9.91. The van der Waals surface area contributed by atoms with Crippen LogP contribution in [0.3, 0.4) is 0 Å². The van der Waals surface area contributed by atoms with Gasteiger partial charge in [0.05, 0.1) is 13.2 Å². The first-order valence-corrected chi connectivity index (χ1v) is 9.92. The first-order valence-electron chi connectivity index (χ1n) is 9.92. The molecule has 8 nitrogen and oxygen atoms in total. The van der Waals surface area contributed by atoms with Gasteiger partial charge in [-0.1, -0.05) is 13.8 Å². The van der Waals surface area contributed by atoms with Gasteiger partial charge in [0.15, 0.2) is 11.5 Å². The van der Waals surface area contributed by atoms with E-state index in [1.165, 1.54) is 6.42 Å². The number of carbonyl (C=O) groups excluding carboxylic acids is 1. The number of hydrogen-bond acceptors (Lipinski definition) is 6. The lowest BCUT2D eigenvalue weighted by Crippen LogP contribution is -2.42. The molecule has 0 unspecified atom stereocenters. The number of fused-ring (bicyclic) bond motifs is 1. The van der Waals surface area contributed by atoms with Crippen LogP contribution in [0.15, 0.2) is 12.1 Å². The minimum atomic E-state index is 0.203. The maximum absolute atomic E-state index is 12.7. The van der Waals surface area contributed by atoms with E-state index in [1.54, 1.807) is 4.52 Å². The van der Waals surface area contributed by atoms with E-state index in [0.29, 0.717) is 24.7 Å². The Balaban J connectivity index is 1.44. The molecule has 0 bridgehead atoms. The fourth-order valence-corrected chi connectivity index (χ4v) is 4.18. The summed E-state index contributed by atoms with van der Waals surface area (Å²) in [5.41, 5.74) is 0.717. The van der Waals surface area contributed by atoms with Gasteiger partial charge in [0.2, 0.25) is 5.91 Å². The zero-order valence-corrected chi connectivity index (χ0v) is 16.2. The van der Waals surface area contributed by atoms with Gasteiger partial charge in [-0.2, -0.15) is 4.52 Å². The maximum atomic E-state index is 12.7. The largest absolute Gasteiger partial charge is 0.378 e. The predicted molar refractivity (Wildman–Crippen MR) is 102 cm³/mol. The average Bonchev–Trinajstić information content (AvgIpc) is 3.08. The molecular formula is C19H28N6O2. The number of piperidine rings is 1. The number of hydrogen-bond donors (Lipinski definition) is 0. The van der Waals surface area contributed by atoms with Gasteiger partial charge in [0.1, 0.15) is 5.82 Å². The number of likely N-dealkylation sites (tertiary alicyclic amines) is 1. The Labute approximate surface area is 159 Å². The zero-order valence-electron chi connectivity index (χ0n) is 16.2. The lowest BCUT2D eigenvalue weighted by molar-refractivity contribution is -0.133. The molecule has 0 aliphatic carbocycles. The fraction of sp³-hybridized carbons (Fsp3) is 0.684. The maximum Gasteiger partial charge on any atom is 0.223 e. The SMILES string of the molecule is C[C@@H]1C[C@H](C)CN(C(=O)CCc2nnc3ccc(N4CCOCC4)nn23)C1. The Morgan fingerprint density at radius 3 is 2.63 bits per heavy atom. The van der Waals surface area contributed by atoms with Gasteiger partial charge in [-0.05, 0) is 30.4 Å². The van der Waals surface area contributed by atoms with Crippen molar-refractivity contribution in [3.8, 4) is 0 Å². The van der Waals surface area contributed by atoms with Gasteiger partial charge < -0.3 is 14.5 Å². The van der Waals surface area contributed by atoms with Crippen LogP contribution < -0.4 is 4.90 Å². The third-order valence-corrected chi connectivity index (χ3v) is 5.43. The van der Waals surface area contributed by atoms with Crippen molar-refractivity contribution in [3.63, 3.8) is 0 Å². The van der Waals surface area contributed by atoms with E-state index in [1.807, 2.05) is 17.0 Å². The molecule has 146 valence electrons. The Hall–Kier alpha value is -2.22. The molecule has 4 rings (SSSR count). The second kappa shape index (κ2) is 7.80. The van der Waals surface area contributed by atoms with Crippen molar-refractivity contribution in [2.45, 2.75) is 33.1 Å². The van der Waals surface area contributed by atoms with Crippen molar-refractivity contribution in [3.05, 3.63) is 18.0 Å². The number of ether oxygens (including phenoxy) is 1. The van der Waals surface area contributed by atoms with Crippen LogP contribution in [0.1, 0.15) is 32.5 Å². The van der Waals surface area contributed by atoms with E-state index < -0.39 is 0 Å². The molecule has 4 heterocycles. The molecule has 0 spiro atoms. The van der Waals surface area contributed by atoms with E-state index in [-0.39, 0.29) is 5.91 Å². The van der Waals surface area contributed by atoms with Crippen LogP contribution in [0.2, 0.25) is 0 Å². The molecule has 2 atom stereocenters. The predicted octanol–water partition coefficient (Wildman–Crippen LogP) is 1.40. The molecule has 2 aromatic rings. The summed E-state index contributed by atoms with van der Waals surface area (Å²) in [5, 5.41) is 13.2. The quantitative estimate of drug-likeness (QED) is 0.807. The number of nitrogens with zero attached hydrogens (tertiary/aromatic N) is 6. The van der Waals surface area contributed by atoms with Crippen LogP contribution in [0.25, 0.3) is 5.65 Å². The number of carbonyl (C=O) groups is 1. The summed E-state index contributed by atoms with van der Waals surface area (Å²) in [6.07, 6.45) is 2.20. The van der Waals surface area contributed by atoms with Crippen molar-refractivity contribution in [1.82, 2.24) is 24.7 Å². The summed E-state index contributed by atoms with van der Waals surface area (Å²) in [5.74, 6) is 2.99. The van der Waals surface area contributed by atoms with E-state index in [9.17, 15) is 4.79 Å². The molecule has 27 heavy (non-hydrogen) atoms. The van der Waals surface area contributed by atoms with Gasteiger partial charge in [0, 0.05) is 39.0 Å². The van der Waals surface area contributed by atoms with E-state index in [0.717, 1.165) is 56.7 Å². The molecule has 0 aromatic carbocycles. The molecule has 2 fully saturated rings. The monoisotopic (exact) mass is 372 g/mol. The molecule has 1 amide bonds. The fourth-order valence-electron chi connectivity index (χ4n) is 4.18. The number of rotatable bonds is 4. The molecule has 2 aromatic heterocycles. The second-order valence-corrected chi connectivity index (χ2v) is 7.92. The molecule has 0 radical (unpaired) electrons. The Morgan fingerprint density at radius 2 is 1.89 bits per heavy atom. The first kappa shape index (κ1) is 18.2. The summed E-state index contributed by atoms with van der Waals surface area (Å²) < 4.78 is 7.19. The Kier molecular flexibility index (Phi) is 5.24. The number of aryl methyl sites for hydroxylation is 1. The van der Waals surface area contributed by atoms with Crippen molar-refractivity contribution in [1.29, 1.82) is 0 Å². The highest BCUT2D eigenvalue weighted by molar-refractivity contribution is 5.76. The normalized spacial score (nSPS) is 23.8. The zero-order chi connectivity index (χ0) is 18.8. The standard InChI is InChI=1S/C19H28N6O2/c1-14-11-15(2)13-24(12-14)19(26)6-5-17-21-20-16-3-4-18(22-25(16)17)23-7-9-27-10-8-23/h3-4,14-15H,5-13H2,1-2H3/t14-,15+. The minimum absolute atomic E-state index is 0.203. The number of amides is 1. The lowest BCUT2D eigenvalue weighted by Gasteiger charge is -2.35. The van der Waals surface area contributed by atoms with Crippen LogP contribution in [0, 0.1) is 11.8 Å². The van der Waals surface area contributed by atoms with Gasteiger partial charge in [-0.25, -0.2) is 0 Å². The summed E-state index contributed by atoms with van der Waals surface area (Å²) in [7, 11) is 0. The van der Waals surface area contributed by atoms with Crippen molar-refractivity contribution in [2.75, 3.05) is 44.3 Å². The molecule has 2 aliphatic heterocycles. The molecule has 0 N–H and O–H groups in total. The van der Waals surface area contributed by atoms with Crippen LogP contribution in [0.4, 0.5) is 5.82 Å². The van der Waals surface area contributed by atoms with Crippen molar-refractivity contribution >= 4 is 17.4 Å². The molecular weight excluding hydrogens is 344 g/mol. The minimum Gasteiger partial charge on any atom is -0.378 e. The second-order valence-electron chi connectivity index (χ2n) is 7.92. The highest BCUT2D eigenvalue weighted by Gasteiger charge is 2.25. The number of anilines is 1. The molecule has 2 saturated heterocycles. The smallest absolute Gasteiger partial charge is 0.223 e. The van der Waals surface area contributed by atoms with Crippen LogP contribution in [-0.2, 0) is 16.0 Å². The van der Waals surface area contributed by atoms with Gasteiger partial charge in [0.25, 0.3) is 0 Å². The summed E-state index contributed by atoms with van der Waals surface area (Å²) in [6, 6.07) is 3.91. The first-order chi connectivity index (χ1) is 13.1. The Morgan fingerprint density at radius 1 is 1.15 bits per heavy atom. The molecule has 2 aliphatic rings. The topological polar surface area (TPSA) is 75.9 Å². The van der Waals surface area contributed by atoms with Crippen LogP contribution >= 0.6 is 0 Å². The third kappa shape index (κ3) is 4.05. The van der Waals surface area contributed by atoms with Crippen LogP contribution in [0.5, 0.6) is 0 Å². The van der Waals surface area contributed by atoms with E-state index in [4.69, 9.17) is 9.84 Å². The van der Waals surface area contributed by atoms with Gasteiger partial charge in [-0.3, -0.25) is 4.79 Å². The highest BCUT2D eigenvalue weighted by Crippen LogP contribution is 2.22. The Bertz CT molecular complexity index is 791. The number of morpholine rings is 1. The van der Waals surface area contributed by atoms with Gasteiger partial charge in [-0.15, -0.1) is 15.3 Å². The van der Waals surface area contributed by atoms with E-state index >= 15 is 0 Å². The highest BCUT2D eigenvalue weighted by atomic mass is 16.5. The van der Waals surface area contributed by atoms with Gasteiger partial charge >= 0.3 is 0 Å². The van der Waals surface area contributed by atoms with E-state index in [2.05, 4.69) is 28.9 Å². The van der Waals surface area contributed by atoms with Crippen molar-refractivity contribution in [2.24, 2.45) is 11.8 Å². The molecule has 0 saturated carbocycles. The summed E-state index contributed by atoms with van der Waals surface area (Å²) >= 11 is 0.